The van der Waals surface area contributed by atoms with Gasteiger partial charge in [-0.15, -0.1) is 0 Å². The minimum Gasteiger partial charge on any atom is -0.387 e. The van der Waals surface area contributed by atoms with Crippen molar-refractivity contribution in [3.63, 3.8) is 0 Å². The van der Waals surface area contributed by atoms with Crippen molar-refractivity contribution in [2.24, 2.45) is 10.3 Å². The van der Waals surface area contributed by atoms with E-state index in [4.69, 9.17) is 9.98 Å². The van der Waals surface area contributed by atoms with E-state index in [-0.39, 0.29) is 6.10 Å². The average Bonchev–Trinajstić information content (AvgIpc) is 2.96. The van der Waals surface area contributed by atoms with E-state index in [2.05, 4.69) is 50.2 Å². The van der Waals surface area contributed by atoms with Gasteiger partial charge in [0, 0.05) is 16.9 Å². The summed E-state index contributed by atoms with van der Waals surface area (Å²) in [5.74, 6) is 0. The molecule has 3 nitrogen and oxygen atoms in total. The van der Waals surface area contributed by atoms with Gasteiger partial charge in [-0.05, 0) is 61.5 Å². The van der Waals surface area contributed by atoms with E-state index >= 15 is 0 Å². The van der Waals surface area contributed by atoms with Crippen LogP contribution in [-0.2, 0) is 4.84 Å². The number of benzene rings is 2. The van der Waals surface area contributed by atoms with E-state index in [0.29, 0.717) is 0 Å². The van der Waals surface area contributed by atoms with Gasteiger partial charge in [0.05, 0.1) is 5.71 Å². The smallest absolute Gasteiger partial charge is 0.158 e. The molecule has 2 aromatic rings. The van der Waals surface area contributed by atoms with Crippen LogP contribution in [0.4, 0.5) is 0 Å². The van der Waals surface area contributed by atoms with Gasteiger partial charge in [-0.3, -0.25) is 5.14 Å². The maximum atomic E-state index is 5.67. The van der Waals surface area contributed by atoms with Crippen LogP contribution in [0.1, 0.15) is 40.3 Å². The van der Waals surface area contributed by atoms with Crippen molar-refractivity contribution in [3.05, 3.63) is 64.2 Å². The summed E-state index contributed by atoms with van der Waals surface area (Å²) in [7, 11) is 0. The topological polar surface area (TPSA) is 47.6 Å². The van der Waals surface area contributed by atoms with Gasteiger partial charge in [0.15, 0.2) is 6.10 Å². The Morgan fingerprint density at radius 2 is 1.73 bits per heavy atom. The maximum absolute atomic E-state index is 5.67. The lowest BCUT2D eigenvalue weighted by Gasteiger charge is -2.11. The Balaban J connectivity index is 1.82. The summed E-state index contributed by atoms with van der Waals surface area (Å²) in [5.41, 5.74) is 7.20. The summed E-state index contributed by atoms with van der Waals surface area (Å²) in [6.07, 6.45) is 0.798. The molecule has 0 aromatic heterocycles. The first-order chi connectivity index (χ1) is 10.6. The molecule has 0 spiro atoms. The Hall–Kier alpha value is -1.78. The molecule has 3 rings (SSSR count). The van der Waals surface area contributed by atoms with Crippen LogP contribution in [-0.4, -0.2) is 5.71 Å². The van der Waals surface area contributed by atoms with Crippen LogP contribution >= 0.6 is 11.9 Å². The summed E-state index contributed by atoms with van der Waals surface area (Å²) in [6.45, 7) is 6.40. The number of hydrogen-bond donors (Lipinski definition) is 1. The molecule has 1 unspecified atom stereocenters. The van der Waals surface area contributed by atoms with E-state index in [1.165, 1.54) is 34.2 Å². The average molecular weight is 312 g/mol. The van der Waals surface area contributed by atoms with Crippen LogP contribution in [0, 0.1) is 20.8 Å². The second-order valence-corrected chi connectivity index (χ2v) is 6.50. The lowest BCUT2D eigenvalue weighted by atomic mass is 9.92. The zero-order valence-corrected chi connectivity index (χ0v) is 13.9. The first kappa shape index (κ1) is 15.1. The third kappa shape index (κ3) is 2.89. The lowest BCUT2D eigenvalue weighted by molar-refractivity contribution is 0.0857. The normalized spacial score (nSPS) is 17.3. The van der Waals surface area contributed by atoms with E-state index in [0.717, 1.165) is 22.6 Å². The predicted molar refractivity (Wildman–Crippen MR) is 92.1 cm³/mol. The first-order valence-electron chi connectivity index (χ1n) is 7.36. The zero-order chi connectivity index (χ0) is 15.7. The number of rotatable bonds is 3. The van der Waals surface area contributed by atoms with Gasteiger partial charge in [-0.1, -0.05) is 35.0 Å². The number of nitrogens with zero attached hydrogens (tertiary/aromatic N) is 1. The molecule has 0 aliphatic carbocycles. The molecule has 0 radical (unpaired) electrons. The quantitative estimate of drug-likeness (QED) is 0.852. The van der Waals surface area contributed by atoms with Crippen LogP contribution < -0.4 is 5.14 Å². The monoisotopic (exact) mass is 312 g/mol. The summed E-state index contributed by atoms with van der Waals surface area (Å²) in [5, 5.41) is 9.90. The van der Waals surface area contributed by atoms with Crippen molar-refractivity contribution < 1.29 is 4.84 Å². The molecule has 0 bridgehead atoms. The van der Waals surface area contributed by atoms with Gasteiger partial charge >= 0.3 is 0 Å². The molecule has 1 atom stereocenters. The Morgan fingerprint density at radius 3 is 2.32 bits per heavy atom. The summed E-state index contributed by atoms with van der Waals surface area (Å²) < 4.78 is 0. The van der Waals surface area contributed by atoms with Gasteiger partial charge in [0.2, 0.25) is 0 Å². The van der Waals surface area contributed by atoms with Crippen molar-refractivity contribution in [1.82, 2.24) is 0 Å². The minimum atomic E-state index is -0.00747. The van der Waals surface area contributed by atoms with Crippen LogP contribution in [0.2, 0.25) is 0 Å². The molecule has 4 heteroatoms. The Labute approximate surface area is 135 Å². The van der Waals surface area contributed by atoms with Crippen molar-refractivity contribution in [2.45, 2.75) is 38.2 Å². The highest BCUT2D eigenvalue weighted by atomic mass is 32.2. The molecule has 0 saturated carbocycles. The molecule has 1 aliphatic heterocycles. The fourth-order valence-corrected chi connectivity index (χ4v) is 3.39. The van der Waals surface area contributed by atoms with E-state index < -0.39 is 0 Å². The molecule has 2 aromatic carbocycles. The Kier molecular flexibility index (Phi) is 4.23. The Morgan fingerprint density at radius 1 is 1.09 bits per heavy atom. The van der Waals surface area contributed by atoms with Crippen LogP contribution in [0.25, 0.3) is 0 Å². The van der Waals surface area contributed by atoms with Crippen molar-refractivity contribution >= 4 is 17.7 Å². The van der Waals surface area contributed by atoms with Crippen molar-refractivity contribution in [2.75, 3.05) is 0 Å². The summed E-state index contributed by atoms with van der Waals surface area (Å²) >= 11 is 1.25. The molecule has 0 amide bonds. The summed E-state index contributed by atoms with van der Waals surface area (Å²) in [4.78, 5) is 6.72. The molecular formula is C18H20N2OS. The van der Waals surface area contributed by atoms with Crippen molar-refractivity contribution in [1.29, 1.82) is 0 Å². The molecule has 1 heterocycles. The zero-order valence-electron chi connectivity index (χ0n) is 13.1. The molecule has 0 saturated heterocycles. The van der Waals surface area contributed by atoms with Gasteiger partial charge in [-0.25, -0.2) is 0 Å². The standard InChI is InChI=1S/C18H20N2OS/c1-11-8-12(2)18(13(3)9-11)16-10-17(21-20-16)14-4-6-15(22-19)7-5-14/h4-9,17H,10,19H2,1-3H3. The van der Waals surface area contributed by atoms with Gasteiger partial charge in [-0.2, -0.15) is 0 Å². The SMILES string of the molecule is Cc1cc(C)c(C2=NOC(c3ccc(SN)cc3)C2)c(C)c1. The largest absolute Gasteiger partial charge is 0.387 e. The van der Waals surface area contributed by atoms with Crippen molar-refractivity contribution in [3.8, 4) is 0 Å². The highest BCUT2D eigenvalue weighted by Gasteiger charge is 2.25. The molecule has 1 aliphatic rings. The first-order valence-corrected chi connectivity index (χ1v) is 8.24. The maximum Gasteiger partial charge on any atom is 0.158 e. The van der Waals surface area contributed by atoms with E-state index in [1.807, 2.05) is 12.1 Å². The third-order valence-electron chi connectivity index (χ3n) is 4.02. The van der Waals surface area contributed by atoms with E-state index in [1.54, 1.807) is 0 Å². The van der Waals surface area contributed by atoms with Gasteiger partial charge in [0.25, 0.3) is 0 Å². The fraction of sp³-hybridized carbons (Fsp3) is 0.278. The highest BCUT2D eigenvalue weighted by Crippen LogP contribution is 2.32. The number of hydrogen-bond acceptors (Lipinski definition) is 4. The van der Waals surface area contributed by atoms with Crippen LogP contribution in [0.5, 0.6) is 0 Å². The number of aryl methyl sites for hydroxylation is 3. The van der Waals surface area contributed by atoms with Gasteiger partial charge in [0.1, 0.15) is 0 Å². The Bertz CT molecular complexity index is 699. The van der Waals surface area contributed by atoms with Gasteiger partial charge < -0.3 is 4.84 Å². The second kappa shape index (κ2) is 6.15. The molecule has 22 heavy (non-hydrogen) atoms. The molecule has 0 fully saturated rings. The van der Waals surface area contributed by atoms with Crippen LogP contribution in [0.3, 0.4) is 0 Å². The summed E-state index contributed by atoms with van der Waals surface area (Å²) in [6, 6.07) is 12.6. The third-order valence-corrected chi connectivity index (χ3v) is 4.57. The predicted octanol–water partition coefficient (Wildman–Crippen LogP) is 4.44. The lowest BCUT2D eigenvalue weighted by Crippen LogP contribution is -2.06. The molecule has 114 valence electrons. The number of oxime groups is 1. The number of nitrogens with two attached hydrogens (primary N) is 1. The minimum absolute atomic E-state index is 0.00747. The van der Waals surface area contributed by atoms with E-state index in [9.17, 15) is 0 Å². The fourth-order valence-electron chi connectivity index (χ4n) is 3.10. The second-order valence-electron chi connectivity index (χ2n) is 5.80. The molecule has 2 N–H and O–H groups in total. The molecular weight excluding hydrogens is 292 g/mol. The van der Waals surface area contributed by atoms with Crippen LogP contribution in [0.15, 0.2) is 46.4 Å². The highest BCUT2D eigenvalue weighted by molar-refractivity contribution is 7.97.